The minimum Gasteiger partial charge on any atom is -0.371 e. The molecule has 1 saturated heterocycles. The molecule has 3 heterocycles. The number of nitrogens with zero attached hydrogens (tertiary/aromatic N) is 4. The molecule has 1 fully saturated rings. The average Bonchev–Trinajstić information content (AvgIpc) is 3.36. The van der Waals surface area contributed by atoms with Gasteiger partial charge in [-0.15, -0.1) is 11.3 Å². The molecule has 0 spiro atoms. The van der Waals surface area contributed by atoms with E-state index in [0.717, 1.165) is 17.1 Å². The zero-order chi connectivity index (χ0) is 21.1. The first-order valence-corrected chi connectivity index (χ1v) is 12.3. The van der Waals surface area contributed by atoms with E-state index in [1.54, 1.807) is 33.5 Å². The molecule has 0 saturated carbocycles. The monoisotopic (exact) mass is 446 g/mol. The summed E-state index contributed by atoms with van der Waals surface area (Å²) < 4.78 is 35.6. The summed E-state index contributed by atoms with van der Waals surface area (Å²) in [6, 6.07) is 10.2. The normalized spacial score (nSPS) is 20.5. The number of hydrogen-bond donors (Lipinski definition) is 0. The van der Waals surface area contributed by atoms with Crippen molar-refractivity contribution in [2.75, 3.05) is 13.1 Å². The Morgan fingerprint density at radius 2 is 2.07 bits per heavy atom. The van der Waals surface area contributed by atoms with Gasteiger partial charge in [0.25, 0.3) is 10.0 Å². The minimum absolute atomic E-state index is 0.0256. The lowest BCUT2D eigenvalue weighted by molar-refractivity contribution is -0.0294. The van der Waals surface area contributed by atoms with Crippen LogP contribution in [0.5, 0.6) is 0 Å². The topological polar surface area (TPSA) is 77.3 Å². The van der Waals surface area contributed by atoms with Gasteiger partial charge in [-0.2, -0.15) is 4.31 Å². The number of aromatic nitrogens is 3. The largest absolute Gasteiger partial charge is 0.371 e. The molecule has 2 aromatic heterocycles. The first-order chi connectivity index (χ1) is 14.4. The van der Waals surface area contributed by atoms with Gasteiger partial charge in [0.2, 0.25) is 0 Å². The lowest BCUT2D eigenvalue weighted by Gasteiger charge is -2.37. The highest BCUT2D eigenvalue weighted by Gasteiger charge is 2.37. The van der Waals surface area contributed by atoms with E-state index in [-0.39, 0.29) is 17.0 Å². The van der Waals surface area contributed by atoms with Gasteiger partial charge < -0.3 is 9.30 Å². The third kappa shape index (κ3) is 4.80. The van der Waals surface area contributed by atoms with E-state index >= 15 is 0 Å². The lowest BCUT2D eigenvalue weighted by Crippen LogP contribution is -2.47. The summed E-state index contributed by atoms with van der Waals surface area (Å²) in [5, 5.41) is 3.13. The third-order valence-corrected chi connectivity index (χ3v) is 7.94. The minimum atomic E-state index is -3.62. The number of hydrogen-bond acceptors (Lipinski definition) is 6. The molecule has 1 aliphatic heterocycles. The fourth-order valence-electron chi connectivity index (χ4n) is 3.85. The van der Waals surface area contributed by atoms with E-state index in [1.807, 2.05) is 30.5 Å². The van der Waals surface area contributed by atoms with Crippen LogP contribution >= 0.6 is 11.3 Å². The number of benzene rings is 1. The highest BCUT2D eigenvalue weighted by molar-refractivity contribution is 7.89. The summed E-state index contributed by atoms with van der Waals surface area (Å²) in [4.78, 5) is 8.54. The molecule has 0 N–H and O–H groups in total. The molecule has 1 aliphatic rings. The van der Waals surface area contributed by atoms with Crippen molar-refractivity contribution in [2.24, 2.45) is 13.0 Å². The van der Waals surface area contributed by atoms with Crippen molar-refractivity contribution in [1.29, 1.82) is 0 Å². The van der Waals surface area contributed by atoms with E-state index in [1.165, 1.54) is 11.9 Å². The Bertz CT molecular complexity index is 1080. The Morgan fingerprint density at radius 1 is 1.27 bits per heavy atom. The fraction of sp³-hybridized carbons (Fsp3) is 0.429. The van der Waals surface area contributed by atoms with Gasteiger partial charge in [0.15, 0.2) is 5.03 Å². The van der Waals surface area contributed by atoms with Crippen LogP contribution in [0, 0.1) is 12.8 Å². The van der Waals surface area contributed by atoms with E-state index < -0.39 is 10.0 Å². The molecule has 0 amide bonds. The first-order valence-electron chi connectivity index (χ1n) is 9.96. The molecule has 9 heteroatoms. The lowest BCUT2D eigenvalue weighted by atomic mass is 9.89. The van der Waals surface area contributed by atoms with Crippen LogP contribution in [0.25, 0.3) is 0 Å². The van der Waals surface area contributed by atoms with E-state index in [0.29, 0.717) is 26.1 Å². The number of rotatable bonds is 7. The summed E-state index contributed by atoms with van der Waals surface area (Å²) in [7, 11) is -1.85. The van der Waals surface area contributed by atoms with Crippen molar-refractivity contribution in [3.63, 3.8) is 0 Å². The Morgan fingerprint density at radius 3 is 2.73 bits per heavy atom. The number of sulfonamides is 1. The molecule has 0 bridgehead atoms. The van der Waals surface area contributed by atoms with Gasteiger partial charge in [0.05, 0.1) is 29.7 Å². The molecule has 1 aromatic carbocycles. The number of ether oxygens (including phenoxy) is 1. The van der Waals surface area contributed by atoms with Crippen molar-refractivity contribution in [2.45, 2.75) is 37.5 Å². The summed E-state index contributed by atoms with van der Waals surface area (Å²) in [6.07, 6.45) is 4.44. The number of thiazole rings is 1. The highest BCUT2D eigenvalue weighted by Crippen LogP contribution is 2.28. The second-order valence-electron chi connectivity index (χ2n) is 7.69. The van der Waals surface area contributed by atoms with E-state index in [2.05, 4.69) is 22.1 Å². The zero-order valence-corrected chi connectivity index (χ0v) is 18.8. The maximum absolute atomic E-state index is 13.1. The summed E-state index contributed by atoms with van der Waals surface area (Å²) in [5.74, 6) is 0.0550. The number of imidazole rings is 1. The first kappa shape index (κ1) is 21.2. The maximum Gasteiger partial charge on any atom is 0.262 e. The number of piperidine rings is 1. The van der Waals surface area contributed by atoms with Crippen molar-refractivity contribution >= 4 is 21.4 Å². The van der Waals surface area contributed by atoms with E-state index in [4.69, 9.17) is 4.74 Å². The van der Waals surface area contributed by atoms with Crippen LogP contribution in [0.15, 0.2) is 53.3 Å². The van der Waals surface area contributed by atoms with Crippen molar-refractivity contribution in [3.05, 3.63) is 64.5 Å². The van der Waals surface area contributed by atoms with Gasteiger partial charge >= 0.3 is 0 Å². The molecular weight excluding hydrogens is 420 g/mol. The summed E-state index contributed by atoms with van der Waals surface area (Å²) >= 11 is 1.61. The van der Waals surface area contributed by atoms with Crippen LogP contribution in [0.3, 0.4) is 0 Å². The molecular formula is C21H26N4O3S2. The van der Waals surface area contributed by atoms with Gasteiger partial charge in [-0.05, 0) is 25.3 Å². The van der Waals surface area contributed by atoms with Crippen LogP contribution in [-0.4, -0.2) is 46.5 Å². The van der Waals surface area contributed by atoms with Gasteiger partial charge in [-0.25, -0.2) is 18.4 Å². The van der Waals surface area contributed by atoms with Crippen molar-refractivity contribution < 1.29 is 13.2 Å². The highest BCUT2D eigenvalue weighted by atomic mass is 32.2. The van der Waals surface area contributed by atoms with Crippen LogP contribution in [0.4, 0.5) is 0 Å². The third-order valence-electron chi connectivity index (χ3n) is 5.36. The second-order valence-corrected chi connectivity index (χ2v) is 10.6. The SMILES string of the molecule is Cc1nc(CO[C@H]2CCN(S(=O)(=O)c3cn(C)cn3)C[C@H]2Cc2ccccc2)cs1. The Hall–Kier alpha value is -2.07. The zero-order valence-electron chi connectivity index (χ0n) is 17.1. The quantitative estimate of drug-likeness (QED) is 0.558. The fourth-order valence-corrected chi connectivity index (χ4v) is 5.92. The molecule has 2 atom stereocenters. The molecule has 3 aromatic rings. The van der Waals surface area contributed by atoms with Gasteiger partial charge in [-0.3, -0.25) is 0 Å². The molecule has 4 rings (SSSR count). The second kappa shape index (κ2) is 8.97. The van der Waals surface area contributed by atoms with Gasteiger partial charge in [0.1, 0.15) is 0 Å². The predicted octanol–water partition coefficient (Wildman–Crippen LogP) is 3.02. The molecule has 160 valence electrons. The summed E-state index contributed by atoms with van der Waals surface area (Å²) in [5.41, 5.74) is 2.11. The molecule has 30 heavy (non-hydrogen) atoms. The predicted molar refractivity (Wildman–Crippen MR) is 116 cm³/mol. The maximum atomic E-state index is 13.1. The van der Waals surface area contributed by atoms with Crippen LogP contribution in [0.1, 0.15) is 22.7 Å². The van der Waals surface area contributed by atoms with Crippen molar-refractivity contribution in [3.8, 4) is 0 Å². The molecule has 0 unspecified atom stereocenters. The van der Waals surface area contributed by atoms with Crippen LogP contribution in [0.2, 0.25) is 0 Å². The smallest absolute Gasteiger partial charge is 0.262 e. The Labute approximate surface area is 181 Å². The summed E-state index contributed by atoms with van der Waals surface area (Å²) in [6.45, 7) is 3.26. The standard InChI is InChI=1S/C21H26N4O3S2/c1-16-23-19(14-29-16)13-28-20-8-9-25(30(26,27)21-12-24(2)15-22-21)11-18(20)10-17-6-4-3-5-7-17/h3-7,12,14-15,18,20H,8-11,13H2,1-2H3/t18-,20+/m1/s1. The average molecular weight is 447 g/mol. The van der Waals surface area contributed by atoms with E-state index in [9.17, 15) is 8.42 Å². The Balaban J connectivity index is 1.51. The molecule has 0 aliphatic carbocycles. The van der Waals surface area contributed by atoms with Gasteiger partial charge in [-0.1, -0.05) is 30.3 Å². The molecule has 0 radical (unpaired) electrons. The van der Waals surface area contributed by atoms with Gasteiger partial charge in [0, 0.05) is 37.6 Å². The molecule has 7 nitrogen and oxygen atoms in total. The number of aryl methyl sites for hydroxylation is 2. The van der Waals surface area contributed by atoms with Crippen LogP contribution < -0.4 is 0 Å². The van der Waals surface area contributed by atoms with Crippen molar-refractivity contribution in [1.82, 2.24) is 18.8 Å². The van der Waals surface area contributed by atoms with Crippen LogP contribution in [-0.2, 0) is 34.8 Å². The Kier molecular flexibility index (Phi) is 6.33.